The van der Waals surface area contributed by atoms with Crippen LogP contribution in [0.3, 0.4) is 0 Å². The summed E-state index contributed by atoms with van der Waals surface area (Å²) < 4.78 is 7.38. The van der Waals surface area contributed by atoms with Gasteiger partial charge in [-0.05, 0) is 13.3 Å². The largest absolute Gasteiger partial charge is 0.390 e. The summed E-state index contributed by atoms with van der Waals surface area (Å²) in [6.07, 6.45) is 0.638. The van der Waals surface area contributed by atoms with Gasteiger partial charge in [-0.3, -0.25) is 19.1 Å². The summed E-state index contributed by atoms with van der Waals surface area (Å²) in [7, 11) is 0. The minimum atomic E-state index is -0.726. The third-order valence-electron chi connectivity index (χ3n) is 3.52. The summed E-state index contributed by atoms with van der Waals surface area (Å²) in [5.41, 5.74) is -0.595. The smallest absolute Gasteiger partial charge is 0.330 e. The minimum absolute atomic E-state index is 0.104. The summed E-state index contributed by atoms with van der Waals surface area (Å²) in [6, 6.07) is 0. The Morgan fingerprint density at radius 1 is 1.57 bits per heavy atom. The average Bonchev–Trinajstić information content (AvgIpc) is 2.81. The molecule has 8 heteroatoms. The normalized spacial score (nSPS) is 25.2. The highest BCUT2D eigenvalue weighted by Gasteiger charge is 2.35. The Morgan fingerprint density at radius 3 is 2.95 bits per heavy atom. The molecule has 1 aromatic heterocycles. The molecule has 0 aliphatic carbocycles. The van der Waals surface area contributed by atoms with E-state index >= 15 is 0 Å². The number of nitrogens with one attached hydrogen (secondary N) is 1. The fourth-order valence-corrected chi connectivity index (χ4v) is 2.70. The van der Waals surface area contributed by atoms with Crippen LogP contribution >= 0.6 is 22.6 Å². The molecule has 3 atom stereocenters. The number of aliphatic hydroxyl groups excluding tert-OH is 1. The van der Waals surface area contributed by atoms with E-state index in [2.05, 4.69) is 4.98 Å². The van der Waals surface area contributed by atoms with Gasteiger partial charge >= 0.3 is 5.69 Å². The predicted molar refractivity (Wildman–Crippen MR) is 83.7 cm³/mol. The maximum absolute atomic E-state index is 11.8. The Morgan fingerprint density at radius 2 is 2.29 bits per heavy atom. The van der Waals surface area contributed by atoms with Crippen molar-refractivity contribution in [3.8, 4) is 0 Å². The minimum Gasteiger partial charge on any atom is -0.390 e. The van der Waals surface area contributed by atoms with E-state index in [1.54, 1.807) is 6.92 Å². The van der Waals surface area contributed by atoms with Gasteiger partial charge in [0.05, 0.1) is 16.6 Å². The number of nitrogens with zero attached hydrogens (tertiary/aromatic N) is 1. The van der Waals surface area contributed by atoms with E-state index in [4.69, 9.17) is 4.74 Å². The van der Waals surface area contributed by atoms with Crippen molar-refractivity contribution >= 4 is 28.4 Å². The first kappa shape index (κ1) is 16.4. The summed E-state index contributed by atoms with van der Waals surface area (Å²) in [5.74, 6) is 0.104. The number of halogens is 1. The van der Waals surface area contributed by atoms with Gasteiger partial charge in [0.1, 0.15) is 12.0 Å². The Kier molecular flexibility index (Phi) is 5.33. The molecule has 116 valence electrons. The average molecular weight is 408 g/mol. The van der Waals surface area contributed by atoms with Gasteiger partial charge in [0.15, 0.2) is 0 Å². The van der Waals surface area contributed by atoms with E-state index < -0.39 is 29.7 Å². The number of aliphatic hydroxyl groups is 1. The van der Waals surface area contributed by atoms with Crippen LogP contribution in [-0.4, -0.2) is 37.1 Å². The molecule has 1 saturated heterocycles. The Hall–Kier alpha value is -1.00. The van der Waals surface area contributed by atoms with Crippen LogP contribution in [0.2, 0.25) is 0 Å². The lowest BCUT2D eigenvalue weighted by molar-refractivity contribution is -0.117. The van der Waals surface area contributed by atoms with E-state index in [0.717, 1.165) is 0 Å². The summed E-state index contributed by atoms with van der Waals surface area (Å²) in [5, 5.41) is 10.00. The van der Waals surface area contributed by atoms with Crippen LogP contribution in [0.4, 0.5) is 0 Å². The summed E-state index contributed by atoms with van der Waals surface area (Å²) in [4.78, 5) is 36.7. The number of Topliss-reactive ketones (excluding diaryl/α,β-unsaturated/α-hetero) is 1. The van der Waals surface area contributed by atoms with E-state index in [1.165, 1.54) is 10.8 Å². The van der Waals surface area contributed by atoms with Gasteiger partial charge in [-0.25, -0.2) is 4.79 Å². The number of hydrogen-bond donors (Lipinski definition) is 2. The van der Waals surface area contributed by atoms with E-state index in [0.29, 0.717) is 22.8 Å². The van der Waals surface area contributed by atoms with Crippen molar-refractivity contribution in [2.75, 3.05) is 4.43 Å². The van der Waals surface area contributed by atoms with Gasteiger partial charge in [0.2, 0.25) is 0 Å². The van der Waals surface area contributed by atoms with Crippen molar-refractivity contribution in [3.63, 3.8) is 0 Å². The number of ether oxygens (including phenoxy) is 1. The van der Waals surface area contributed by atoms with Crippen LogP contribution in [0, 0.1) is 6.92 Å². The van der Waals surface area contributed by atoms with Crippen LogP contribution in [0.1, 0.15) is 31.1 Å². The number of rotatable bonds is 5. The van der Waals surface area contributed by atoms with Crippen molar-refractivity contribution in [1.29, 1.82) is 0 Å². The molecule has 21 heavy (non-hydrogen) atoms. The summed E-state index contributed by atoms with van der Waals surface area (Å²) in [6.45, 7) is 1.59. The van der Waals surface area contributed by atoms with Crippen LogP contribution < -0.4 is 11.2 Å². The van der Waals surface area contributed by atoms with Gasteiger partial charge in [-0.1, -0.05) is 22.6 Å². The molecular formula is C13H17IN2O5. The lowest BCUT2D eigenvalue weighted by Crippen LogP contribution is -2.33. The molecule has 3 unspecified atom stereocenters. The number of hydrogen-bond acceptors (Lipinski definition) is 5. The topological polar surface area (TPSA) is 101 Å². The monoisotopic (exact) mass is 408 g/mol. The second kappa shape index (κ2) is 6.84. The molecule has 0 radical (unpaired) electrons. The fraction of sp³-hybridized carbons (Fsp3) is 0.615. The molecule has 1 aromatic rings. The second-order valence-electron chi connectivity index (χ2n) is 5.12. The number of aryl methyl sites for hydroxylation is 1. The van der Waals surface area contributed by atoms with Crippen molar-refractivity contribution in [3.05, 3.63) is 32.6 Å². The highest BCUT2D eigenvalue weighted by Crippen LogP contribution is 2.30. The lowest BCUT2D eigenvalue weighted by Gasteiger charge is -2.15. The van der Waals surface area contributed by atoms with Gasteiger partial charge in [-0.15, -0.1) is 0 Å². The molecule has 0 spiro atoms. The molecule has 0 saturated carbocycles. The maximum atomic E-state index is 11.8. The van der Waals surface area contributed by atoms with Crippen LogP contribution in [0.15, 0.2) is 15.8 Å². The van der Waals surface area contributed by atoms with Crippen molar-refractivity contribution in [2.45, 2.75) is 44.6 Å². The molecule has 0 aromatic carbocycles. The number of alkyl halides is 1. The molecule has 7 nitrogen and oxygen atoms in total. The predicted octanol–water partition coefficient (Wildman–Crippen LogP) is 0.278. The molecule has 1 aliphatic rings. The van der Waals surface area contributed by atoms with Crippen LogP contribution in [0.5, 0.6) is 0 Å². The second-order valence-corrected chi connectivity index (χ2v) is 5.88. The third kappa shape index (κ3) is 3.80. The SMILES string of the molecule is Cc1cn(C2CC(O)C(CCC(=O)CI)O2)c(=O)[nH]c1=O. The zero-order valence-corrected chi connectivity index (χ0v) is 13.7. The Labute approximate surface area is 134 Å². The van der Waals surface area contributed by atoms with Crippen molar-refractivity contribution < 1.29 is 14.6 Å². The number of H-pyrrole nitrogens is 1. The van der Waals surface area contributed by atoms with Gasteiger partial charge in [-0.2, -0.15) is 0 Å². The van der Waals surface area contributed by atoms with E-state index in [9.17, 15) is 19.5 Å². The quantitative estimate of drug-likeness (QED) is 0.539. The molecule has 0 amide bonds. The van der Waals surface area contributed by atoms with Crippen LogP contribution in [0.25, 0.3) is 0 Å². The molecule has 1 fully saturated rings. The van der Waals surface area contributed by atoms with Gasteiger partial charge in [0, 0.05) is 24.6 Å². The molecule has 0 bridgehead atoms. The fourth-order valence-electron chi connectivity index (χ4n) is 2.32. The highest BCUT2D eigenvalue weighted by atomic mass is 127. The molecule has 2 heterocycles. The zero-order valence-electron chi connectivity index (χ0n) is 11.5. The first-order chi connectivity index (χ1) is 9.92. The summed E-state index contributed by atoms with van der Waals surface area (Å²) >= 11 is 2.00. The molecular weight excluding hydrogens is 391 g/mol. The Bertz CT molecular complexity index is 638. The van der Waals surface area contributed by atoms with Crippen LogP contribution in [-0.2, 0) is 9.53 Å². The van der Waals surface area contributed by atoms with Gasteiger partial charge in [0.25, 0.3) is 5.56 Å². The zero-order chi connectivity index (χ0) is 15.6. The van der Waals surface area contributed by atoms with E-state index in [1.807, 2.05) is 22.6 Å². The number of carbonyl (C=O) groups is 1. The molecule has 2 rings (SSSR count). The standard InChI is InChI=1S/C13H17IN2O5/c1-7-6-16(13(20)15-12(7)19)11-4-9(18)10(21-11)3-2-8(17)5-14/h6,9-11,18H,2-5H2,1H3,(H,15,19,20). The lowest BCUT2D eigenvalue weighted by atomic mass is 10.1. The number of aromatic amines is 1. The van der Waals surface area contributed by atoms with Gasteiger partial charge < -0.3 is 9.84 Å². The maximum Gasteiger partial charge on any atom is 0.330 e. The number of ketones is 1. The number of carbonyl (C=O) groups excluding carboxylic acids is 1. The first-order valence-electron chi connectivity index (χ1n) is 6.65. The third-order valence-corrected chi connectivity index (χ3v) is 4.37. The molecule has 2 N–H and O–H groups in total. The van der Waals surface area contributed by atoms with Crippen molar-refractivity contribution in [1.82, 2.24) is 9.55 Å². The highest BCUT2D eigenvalue weighted by molar-refractivity contribution is 14.1. The molecule has 1 aliphatic heterocycles. The van der Waals surface area contributed by atoms with Crippen molar-refractivity contribution in [2.24, 2.45) is 0 Å². The first-order valence-corrected chi connectivity index (χ1v) is 8.18. The Balaban J connectivity index is 2.10. The number of aromatic nitrogens is 2. The van der Waals surface area contributed by atoms with E-state index in [-0.39, 0.29) is 12.2 Å².